The molecule has 0 saturated carbocycles. The van der Waals surface area contributed by atoms with E-state index in [4.69, 9.17) is 11.5 Å². The highest BCUT2D eigenvalue weighted by molar-refractivity contribution is 5.80. The third-order valence-electron chi connectivity index (χ3n) is 1.19. The first-order valence-corrected chi connectivity index (χ1v) is 3.17. The number of nitrogens with two attached hydrogens (primary N) is 2. The Kier molecular flexibility index (Phi) is 3.53. The van der Waals surface area contributed by atoms with Gasteiger partial charge in [-0.3, -0.25) is 9.59 Å². The number of carbonyl (C=O) groups excluding carboxylic acids is 2. The van der Waals surface area contributed by atoms with Crippen molar-refractivity contribution in [3.63, 3.8) is 0 Å². The van der Waals surface area contributed by atoms with Gasteiger partial charge in [-0.05, 0) is 6.92 Å². The summed E-state index contributed by atoms with van der Waals surface area (Å²) in [5.41, 5.74) is 10.1. The minimum absolute atomic E-state index is 0.478. The summed E-state index contributed by atoms with van der Waals surface area (Å²) in [5, 5.41) is 0. The fourth-order valence-corrected chi connectivity index (χ4v) is 0.566. The van der Waals surface area contributed by atoms with Crippen molar-refractivity contribution in [2.24, 2.45) is 11.5 Å². The number of ether oxygens (including phenoxy) is 1. The molecule has 0 aromatic heterocycles. The van der Waals surface area contributed by atoms with Gasteiger partial charge in [0.2, 0.25) is 5.91 Å². The van der Waals surface area contributed by atoms with Gasteiger partial charge in [0, 0.05) is 6.92 Å². The third kappa shape index (κ3) is 3.57. The van der Waals surface area contributed by atoms with E-state index >= 15 is 0 Å². The molecule has 64 valence electrons. The maximum atomic E-state index is 10.4. The average molecular weight is 160 g/mol. The van der Waals surface area contributed by atoms with Crippen LogP contribution in [0.15, 0.2) is 0 Å². The van der Waals surface area contributed by atoms with Crippen LogP contribution >= 0.6 is 0 Å². The largest absolute Gasteiger partial charge is 0.461 e. The van der Waals surface area contributed by atoms with Crippen molar-refractivity contribution < 1.29 is 14.3 Å². The summed E-state index contributed by atoms with van der Waals surface area (Å²) in [6.07, 6.45) is -0.662. The molecule has 0 saturated heterocycles. The Bertz CT molecular complexity index is 169. The first-order chi connectivity index (χ1) is 4.95. The minimum Gasteiger partial charge on any atom is -0.461 e. The number of primary amides is 1. The molecule has 0 unspecified atom stereocenters. The third-order valence-corrected chi connectivity index (χ3v) is 1.19. The SMILES string of the molecule is CC(=O)O[C@H](C)[C@H](N)C(N)=O. The number of hydrogen-bond acceptors (Lipinski definition) is 4. The van der Waals surface area contributed by atoms with Gasteiger partial charge in [-0.1, -0.05) is 0 Å². The summed E-state index contributed by atoms with van der Waals surface area (Å²) < 4.78 is 4.61. The van der Waals surface area contributed by atoms with Gasteiger partial charge in [0.25, 0.3) is 0 Å². The molecule has 4 N–H and O–H groups in total. The molecule has 0 aliphatic carbocycles. The molecule has 0 aliphatic heterocycles. The van der Waals surface area contributed by atoms with Crippen molar-refractivity contribution in [2.45, 2.75) is 26.0 Å². The molecule has 0 spiro atoms. The van der Waals surface area contributed by atoms with Crippen LogP contribution in [0.1, 0.15) is 13.8 Å². The van der Waals surface area contributed by atoms with Crippen LogP contribution in [0.4, 0.5) is 0 Å². The topological polar surface area (TPSA) is 95.4 Å². The van der Waals surface area contributed by atoms with Gasteiger partial charge < -0.3 is 16.2 Å². The number of esters is 1. The van der Waals surface area contributed by atoms with Crippen LogP contribution in [-0.2, 0) is 14.3 Å². The van der Waals surface area contributed by atoms with Crippen LogP contribution < -0.4 is 11.5 Å². The van der Waals surface area contributed by atoms with Crippen molar-refractivity contribution in [3.05, 3.63) is 0 Å². The van der Waals surface area contributed by atoms with E-state index in [2.05, 4.69) is 4.74 Å². The summed E-state index contributed by atoms with van der Waals surface area (Å²) in [5.74, 6) is -1.16. The van der Waals surface area contributed by atoms with E-state index < -0.39 is 24.0 Å². The van der Waals surface area contributed by atoms with Crippen molar-refractivity contribution >= 4 is 11.9 Å². The summed E-state index contributed by atoms with van der Waals surface area (Å²) in [6.45, 7) is 2.75. The Balaban J connectivity index is 3.92. The van der Waals surface area contributed by atoms with Gasteiger partial charge in [-0.2, -0.15) is 0 Å². The van der Waals surface area contributed by atoms with Crippen LogP contribution in [0.25, 0.3) is 0 Å². The smallest absolute Gasteiger partial charge is 0.302 e. The molecule has 11 heavy (non-hydrogen) atoms. The standard InChI is InChI=1S/C6H12N2O3/c1-3(11-4(2)9)5(7)6(8)10/h3,5H,7H2,1-2H3,(H2,8,10)/t3-,5+/m1/s1. The Morgan fingerprint density at radius 1 is 1.45 bits per heavy atom. The zero-order valence-electron chi connectivity index (χ0n) is 6.53. The Morgan fingerprint density at radius 3 is 2.18 bits per heavy atom. The lowest BCUT2D eigenvalue weighted by molar-refractivity contribution is -0.147. The van der Waals surface area contributed by atoms with Crippen LogP contribution in [-0.4, -0.2) is 24.0 Å². The predicted molar refractivity (Wildman–Crippen MR) is 38.4 cm³/mol. The van der Waals surface area contributed by atoms with E-state index in [0.29, 0.717) is 0 Å². The maximum absolute atomic E-state index is 10.4. The van der Waals surface area contributed by atoms with Gasteiger partial charge in [-0.15, -0.1) is 0 Å². The average Bonchev–Trinajstić information content (AvgIpc) is 1.84. The fraction of sp³-hybridized carbons (Fsp3) is 0.667. The molecule has 0 rings (SSSR count). The molecule has 5 nitrogen and oxygen atoms in total. The molecular formula is C6H12N2O3. The highest BCUT2D eigenvalue weighted by Gasteiger charge is 2.20. The first-order valence-electron chi connectivity index (χ1n) is 3.17. The van der Waals surface area contributed by atoms with Crippen molar-refractivity contribution in [3.8, 4) is 0 Å². The number of carbonyl (C=O) groups is 2. The monoisotopic (exact) mass is 160 g/mol. The summed E-state index contributed by atoms with van der Waals surface area (Å²) >= 11 is 0. The fourth-order valence-electron chi connectivity index (χ4n) is 0.566. The van der Waals surface area contributed by atoms with E-state index in [-0.39, 0.29) is 0 Å². The molecule has 0 aliphatic rings. The Labute approximate surface area is 64.7 Å². The van der Waals surface area contributed by atoms with E-state index in [0.717, 1.165) is 0 Å². The second-order valence-corrected chi connectivity index (χ2v) is 2.24. The quantitative estimate of drug-likeness (QED) is 0.504. The lowest BCUT2D eigenvalue weighted by Crippen LogP contribution is -2.46. The lowest BCUT2D eigenvalue weighted by atomic mass is 10.2. The van der Waals surface area contributed by atoms with Gasteiger partial charge >= 0.3 is 5.97 Å². The number of rotatable bonds is 3. The van der Waals surface area contributed by atoms with Crippen LogP contribution in [0.5, 0.6) is 0 Å². The van der Waals surface area contributed by atoms with Gasteiger partial charge in [0.1, 0.15) is 12.1 Å². The van der Waals surface area contributed by atoms with Crippen LogP contribution in [0.3, 0.4) is 0 Å². The molecular weight excluding hydrogens is 148 g/mol. The molecule has 0 fully saturated rings. The Hall–Kier alpha value is -1.10. The zero-order valence-corrected chi connectivity index (χ0v) is 6.53. The Morgan fingerprint density at radius 2 is 1.91 bits per heavy atom. The molecule has 0 aromatic carbocycles. The highest BCUT2D eigenvalue weighted by atomic mass is 16.5. The highest BCUT2D eigenvalue weighted by Crippen LogP contribution is 1.95. The summed E-state index contributed by atoms with van der Waals surface area (Å²) in [4.78, 5) is 20.8. The molecule has 0 aromatic rings. The zero-order chi connectivity index (χ0) is 9.02. The number of amides is 1. The van der Waals surface area contributed by atoms with Crippen molar-refractivity contribution in [2.75, 3.05) is 0 Å². The molecule has 0 bridgehead atoms. The van der Waals surface area contributed by atoms with Gasteiger partial charge in [0.15, 0.2) is 0 Å². The van der Waals surface area contributed by atoms with E-state index in [1.807, 2.05) is 0 Å². The van der Waals surface area contributed by atoms with E-state index in [1.54, 1.807) is 0 Å². The van der Waals surface area contributed by atoms with E-state index in [9.17, 15) is 9.59 Å². The molecule has 0 heterocycles. The van der Waals surface area contributed by atoms with Crippen molar-refractivity contribution in [1.82, 2.24) is 0 Å². The maximum Gasteiger partial charge on any atom is 0.302 e. The van der Waals surface area contributed by atoms with Gasteiger partial charge in [0.05, 0.1) is 0 Å². The number of hydrogen-bond donors (Lipinski definition) is 2. The molecule has 0 radical (unpaired) electrons. The second-order valence-electron chi connectivity index (χ2n) is 2.24. The predicted octanol–water partition coefficient (Wildman–Crippen LogP) is -1.25. The molecule has 2 atom stereocenters. The van der Waals surface area contributed by atoms with Crippen LogP contribution in [0.2, 0.25) is 0 Å². The molecule has 5 heteroatoms. The second kappa shape index (κ2) is 3.92. The first kappa shape index (κ1) is 9.90. The summed E-state index contributed by atoms with van der Waals surface area (Å²) in [7, 11) is 0. The van der Waals surface area contributed by atoms with Crippen LogP contribution in [0, 0.1) is 0 Å². The normalized spacial score (nSPS) is 15.2. The summed E-state index contributed by atoms with van der Waals surface area (Å²) in [6, 6.07) is -0.932. The van der Waals surface area contributed by atoms with Crippen molar-refractivity contribution in [1.29, 1.82) is 0 Å². The minimum atomic E-state index is -0.932. The lowest BCUT2D eigenvalue weighted by Gasteiger charge is -2.15. The molecule has 1 amide bonds. The van der Waals surface area contributed by atoms with Gasteiger partial charge in [-0.25, -0.2) is 0 Å². The van der Waals surface area contributed by atoms with E-state index in [1.165, 1.54) is 13.8 Å².